The van der Waals surface area contributed by atoms with Crippen molar-refractivity contribution in [2.24, 2.45) is 11.3 Å². The monoisotopic (exact) mass is 199 g/mol. The van der Waals surface area contributed by atoms with Gasteiger partial charge in [0.2, 0.25) is 0 Å². The molecule has 0 heterocycles. The van der Waals surface area contributed by atoms with Crippen LogP contribution < -0.4 is 5.48 Å². The van der Waals surface area contributed by atoms with Gasteiger partial charge in [-0.25, -0.2) is 0 Å². The first-order valence-electron chi connectivity index (χ1n) is 5.91. The standard InChI is InChI=1S/C12H25NO/c1-5-14-13-11-8-6-10(7-9-11)12(2,3)4/h10-11,13H,5-9H2,1-4H3. The Hall–Kier alpha value is -0.0800. The smallest absolute Gasteiger partial charge is 0.0654 e. The van der Waals surface area contributed by atoms with Gasteiger partial charge >= 0.3 is 0 Å². The summed E-state index contributed by atoms with van der Waals surface area (Å²) in [4.78, 5) is 5.24. The SMILES string of the molecule is CCONC1CCC(C(C)(C)C)CC1. The van der Waals surface area contributed by atoms with Crippen molar-refractivity contribution in [2.75, 3.05) is 6.61 Å². The average molecular weight is 199 g/mol. The maximum atomic E-state index is 5.24. The fourth-order valence-corrected chi connectivity index (χ4v) is 2.28. The molecular weight excluding hydrogens is 174 g/mol. The second kappa shape index (κ2) is 5.13. The van der Waals surface area contributed by atoms with E-state index in [-0.39, 0.29) is 0 Å². The summed E-state index contributed by atoms with van der Waals surface area (Å²) in [6.45, 7) is 9.85. The molecule has 0 amide bonds. The van der Waals surface area contributed by atoms with Crippen molar-refractivity contribution in [1.29, 1.82) is 0 Å². The van der Waals surface area contributed by atoms with E-state index in [1.165, 1.54) is 25.7 Å². The lowest BCUT2D eigenvalue weighted by atomic mass is 9.71. The number of hydrogen-bond acceptors (Lipinski definition) is 2. The molecule has 0 aliphatic heterocycles. The number of hydrogen-bond donors (Lipinski definition) is 1. The highest BCUT2D eigenvalue weighted by Gasteiger charge is 2.29. The van der Waals surface area contributed by atoms with Crippen LogP contribution in [0.5, 0.6) is 0 Å². The number of nitrogens with one attached hydrogen (secondary N) is 1. The molecule has 2 nitrogen and oxygen atoms in total. The first-order valence-corrected chi connectivity index (χ1v) is 5.91. The Kier molecular flexibility index (Phi) is 4.39. The molecule has 0 spiro atoms. The van der Waals surface area contributed by atoms with Crippen LogP contribution in [0.25, 0.3) is 0 Å². The topological polar surface area (TPSA) is 21.3 Å². The van der Waals surface area contributed by atoms with Crippen LogP contribution in [0.15, 0.2) is 0 Å². The molecule has 2 heteroatoms. The summed E-state index contributed by atoms with van der Waals surface area (Å²) in [6.07, 6.45) is 5.21. The molecule has 84 valence electrons. The van der Waals surface area contributed by atoms with Crippen molar-refractivity contribution in [2.45, 2.75) is 59.4 Å². The molecule has 1 saturated carbocycles. The maximum absolute atomic E-state index is 5.24. The molecule has 0 radical (unpaired) electrons. The zero-order valence-corrected chi connectivity index (χ0v) is 10.1. The molecule has 0 aromatic heterocycles. The molecule has 0 aromatic carbocycles. The van der Waals surface area contributed by atoms with E-state index in [1.807, 2.05) is 6.92 Å². The van der Waals surface area contributed by atoms with E-state index in [9.17, 15) is 0 Å². The van der Waals surface area contributed by atoms with E-state index in [4.69, 9.17) is 4.84 Å². The predicted molar refractivity (Wildman–Crippen MR) is 60.0 cm³/mol. The van der Waals surface area contributed by atoms with E-state index >= 15 is 0 Å². The van der Waals surface area contributed by atoms with Crippen LogP contribution in [-0.2, 0) is 4.84 Å². The third-order valence-electron chi connectivity index (χ3n) is 3.35. The Bertz CT molecular complexity index is 154. The van der Waals surface area contributed by atoms with Gasteiger partial charge in [-0.15, -0.1) is 0 Å². The highest BCUT2D eigenvalue weighted by molar-refractivity contribution is 4.81. The van der Waals surface area contributed by atoms with Crippen molar-refractivity contribution in [3.05, 3.63) is 0 Å². The van der Waals surface area contributed by atoms with Crippen LogP contribution in [-0.4, -0.2) is 12.6 Å². The minimum atomic E-state index is 0.483. The lowest BCUT2D eigenvalue weighted by molar-refractivity contribution is 0.00473. The lowest BCUT2D eigenvalue weighted by Crippen LogP contribution is -2.36. The van der Waals surface area contributed by atoms with Gasteiger partial charge in [0, 0.05) is 6.04 Å². The Balaban J connectivity index is 2.24. The van der Waals surface area contributed by atoms with Gasteiger partial charge in [-0.1, -0.05) is 20.8 Å². The minimum absolute atomic E-state index is 0.483. The van der Waals surface area contributed by atoms with Crippen molar-refractivity contribution in [3.8, 4) is 0 Å². The molecule has 0 unspecified atom stereocenters. The van der Waals surface area contributed by atoms with E-state index in [1.54, 1.807) is 0 Å². The third-order valence-corrected chi connectivity index (χ3v) is 3.35. The highest BCUT2D eigenvalue weighted by Crippen LogP contribution is 2.37. The molecule has 1 aliphatic carbocycles. The summed E-state index contributed by atoms with van der Waals surface area (Å²) in [5.74, 6) is 0.891. The summed E-state index contributed by atoms with van der Waals surface area (Å²) in [7, 11) is 0. The van der Waals surface area contributed by atoms with E-state index in [0.29, 0.717) is 11.5 Å². The number of rotatable bonds is 3. The van der Waals surface area contributed by atoms with E-state index in [2.05, 4.69) is 26.3 Å². The second-order valence-corrected chi connectivity index (χ2v) is 5.47. The lowest BCUT2D eigenvalue weighted by Gasteiger charge is -2.36. The third kappa shape index (κ3) is 3.58. The van der Waals surface area contributed by atoms with Gasteiger partial charge < -0.3 is 4.84 Å². The van der Waals surface area contributed by atoms with Gasteiger partial charge in [0.05, 0.1) is 6.61 Å². The summed E-state index contributed by atoms with van der Waals surface area (Å²) >= 11 is 0. The summed E-state index contributed by atoms with van der Waals surface area (Å²) in [5.41, 5.74) is 3.63. The molecule has 14 heavy (non-hydrogen) atoms. The average Bonchev–Trinajstić information content (AvgIpc) is 2.14. The molecule has 0 aromatic rings. The molecule has 1 fully saturated rings. The Morgan fingerprint density at radius 2 is 1.71 bits per heavy atom. The first kappa shape index (κ1) is 12.0. The first-order chi connectivity index (χ1) is 6.54. The Morgan fingerprint density at radius 3 is 2.14 bits per heavy atom. The Morgan fingerprint density at radius 1 is 1.14 bits per heavy atom. The second-order valence-electron chi connectivity index (χ2n) is 5.47. The highest BCUT2D eigenvalue weighted by atomic mass is 16.6. The zero-order valence-electron chi connectivity index (χ0n) is 10.1. The van der Waals surface area contributed by atoms with Crippen LogP contribution in [0.3, 0.4) is 0 Å². The minimum Gasteiger partial charge on any atom is -0.302 e. The van der Waals surface area contributed by atoms with E-state index in [0.717, 1.165) is 12.5 Å². The van der Waals surface area contributed by atoms with Crippen LogP contribution in [0.4, 0.5) is 0 Å². The quantitative estimate of drug-likeness (QED) is 0.705. The molecule has 1 aliphatic rings. The molecule has 0 atom stereocenters. The molecular formula is C12H25NO. The van der Waals surface area contributed by atoms with Crippen LogP contribution >= 0.6 is 0 Å². The van der Waals surface area contributed by atoms with Gasteiger partial charge in [-0.05, 0) is 43.9 Å². The molecule has 1 N–H and O–H groups in total. The summed E-state index contributed by atoms with van der Waals surface area (Å²) < 4.78 is 0. The zero-order chi connectivity index (χ0) is 10.6. The van der Waals surface area contributed by atoms with Crippen molar-refractivity contribution in [3.63, 3.8) is 0 Å². The summed E-state index contributed by atoms with van der Waals surface area (Å²) in [6, 6.07) is 0.591. The molecule has 0 saturated heterocycles. The van der Waals surface area contributed by atoms with Gasteiger partial charge in [0.15, 0.2) is 0 Å². The molecule has 0 bridgehead atoms. The largest absolute Gasteiger partial charge is 0.302 e. The van der Waals surface area contributed by atoms with Gasteiger partial charge in [-0.2, -0.15) is 5.48 Å². The predicted octanol–water partition coefficient (Wildman–Crippen LogP) is 3.13. The van der Waals surface area contributed by atoms with Crippen LogP contribution in [0.2, 0.25) is 0 Å². The van der Waals surface area contributed by atoms with Crippen LogP contribution in [0, 0.1) is 11.3 Å². The van der Waals surface area contributed by atoms with Crippen molar-refractivity contribution < 1.29 is 4.84 Å². The van der Waals surface area contributed by atoms with Gasteiger partial charge in [0.25, 0.3) is 0 Å². The van der Waals surface area contributed by atoms with Crippen LogP contribution in [0.1, 0.15) is 53.4 Å². The van der Waals surface area contributed by atoms with Gasteiger partial charge in [0.1, 0.15) is 0 Å². The fraction of sp³-hybridized carbons (Fsp3) is 1.00. The number of hydroxylamine groups is 1. The fourth-order valence-electron chi connectivity index (χ4n) is 2.28. The normalized spacial score (nSPS) is 29.1. The van der Waals surface area contributed by atoms with Gasteiger partial charge in [-0.3, -0.25) is 0 Å². The van der Waals surface area contributed by atoms with Crippen molar-refractivity contribution >= 4 is 0 Å². The Labute approximate surface area is 88.4 Å². The van der Waals surface area contributed by atoms with E-state index < -0.39 is 0 Å². The van der Waals surface area contributed by atoms with Crippen molar-refractivity contribution in [1.82, 2.24) is 5.48 Å². The maximum Gasteiger partial charge on any atom is 0.0654 e. The molecule has 1 rings (SSSR count). The summed E-state index contributed by atoms with van der Waals surface area (Å²) in [5, 5.41) is 0.